The molecule has 0 saturated carbocycles. The molecular weight excluding hydrogens is 387 g/mol. The Morgan fingerprint density at radius 2 is 1.52 bits per heavy atom. The van der Waals surface area contributed by atoms with Crippen molar-refractivity contribution in [2.45, 2.75) is 19.8 Å². The molecular formula is C18H15Cl3O4. The second-order valence-electron chi connectivity index (χ2n) is 5.13. The fourth-order valence-electron chi connectivity index (χ4n) is 1.98. The van der Waals surface area contributed by atoms with Gasteiger partial charge in [0.25, 0.3) is 0 Å². The number of hydrogen-bond donors (Lipinski definition) is 0. The van der Waals surface area contributed by atoms with Crippen LogP contribution in [0, 0.1) is 0 Å². The van der Waals surface area contributed by atoms with Gasteiger partial charge in [-0.15, -0.1) is 0 Å². The highest BCUT2D eigenvalue weighted by atomic mass is 35.5. The standard InChI is InChI=1S/C18H15Cl3O4/c1-2-3-8-24-17(22)12-6-4-5-7-13(12)18(23)25-11-9-14(19)16(21)15(20)10-11/h4-7,9-10H,2-3,8H2,1H3. The van der Waals surface area contributed by atoms with Gasteiger partial charge in [0.2, 0.25) is 0 Å². The highest BCUT2D eigenvalue weighted by molar-refractivity contribution is 6.48. The topological polar surface area (TPSA) is 52.6 Å². The van der Waals surface area contributed by atoms with E-state index in [4.69, 9.17) is 44.3 Å². The van der Waals surface area contributed by atoms with E-state index in [1.54, 1.807) is 12.1 Å². The number of carbonyl (C=O) groups is 2. The van der Waals surface area contributed by atoms with Gasteiger partial charge in [0.1, 0.15) is 5.75 Å². The number of hydrogen-bond acceptors (Lipinski definition) is 4. The van der Waals surface area contributed by atoms with E-state index in [1.165, 1.54) is 24.3 Å². The van der Waals surface area contributed by atoms with Crippen LogP contribution < -0.4 is 4.74 Å². The lowest BCUT2D eigenvalue weighted by Gasteiger charge is -2.10. The summed E-state index contributed by atoms with van der Waals surface area (Å²) < 4.78 is 10.4. The van der Waals surface area contributed by atoms with Crippen LogP contribution in [0.1, 0.15) is 40.5 Å². The summed E-state index contributed by atoms with van der Waals surface area (Å²) in [5.74, 6) is -1.18. The number of unbranched alkanes of at least 4 members (excludes halogenated alkanes) is 1. The van der Waals surface area contributed by atoms with E-state index in [9.17, 15) is 9.59 Å². The van der Waals surface area contributed by atoms with Gasteiger partial charge >= 0.3 is 11.9 Å². The van der Waals surface area contributed by atoms with Gasteiger partial charge in [0.05, 0.1) is 32.8 Å². The molecule has 132 valence electrons. The minimum atomic E-state index is -0.725. The van der Waals surface area contributed by atoms with E-state index in [0.29, 0.717) is 6.61 Å². The van der Waals surface area contributed by atoms with Gasteiger partial charge in [0.15, 0.2) is 0 Å². The molecule has 25 heavy (non-hydrogen) atoms. The van der Waals surface area contributed by atoms with Gasteiger partial charge in [0, 0.05) is 12.1 Å². The fraction of sp³-hybridized carbons (Fsp3) is 0.222. The number of ether oxygens (including phenoxy) is 2. The van der Waals surface area contributed by atoms with Crippen molar-refractivity contribution in [3.8, 4) is 5.75 Å². The lowest BCUT2D eigenvalue weighted by atomic mass is 10.1. The summed E-state index contributed by atoms with van der Waals surface area (Å²) >= 11 is 17.7. The van der Waals surface area contributed by atoms with Crippen molar-refractivity contribution < 1.29 is 19.1 Å². The van der Waals surface area contributed by atoms with Crippen molar-refractivity contribution in [1.82, 2.24) is 0 Å². The Bertz CT molecular complexity index is 767. The number of esters is 2. The van der Waals surface area contributed by atoms with E-state index in [1.807, 2.05) is 6.92 Å². The summed E-state index contributed by atoms with van der Waals surface area (Å²) in [5.41, 5.74) is 0.223. The quantitative estimate of drug-likeness (QED) is 0.265. The monoisotopic (exact) mass is 400 g/mol. The number of carbonyl (C=O) groups excluding carboxylic acids is 2. The van der Waals surface area contributed by atoms with Crippen LogP contribution in [0.4, 0.5) is 0 Å². The maximum absolute atomic E-state index is 12.4. The van der Waals surface area contributed by atoms with Crippen LogP contribution in [-0.2, 0) is 4.74 Å². The average Bonchev–Trinajstić information content (AvgIpc) is 2.59. The first-order valence-corrected chi connectivity index (χ1v) is 8.70. The summed E-state index contributed by atoms with van der Waals surface area (Å²) in [6.07, 6.45) is 1.65. The molecule has 0 aliphatic carbocycles. The molecule has 0 bridgehead atoms. The molecule has 0 aromatic heterocycles. The minimum Gasteiger partial charge on any atom is -0.462 e. The molecule has 0 heterocycles. The largest absolute Gasteiger partial charge is 0.462 e. The molecule has 0 N–H and O–H groups in total. The maximum atomic E-state index is 12.4. The Morgan fingerprint density at radius 3 is 2.08 bits per heavy atom. The third-order valence-electron chi connectivity index (χ3n) is 3.27. The summed E-state index contributed by atoms with van der Waals surface area (Å²) in [6.45, 7) is 2.28. The molecule has 4 nitrogen and oxygen atoms in total. The molecule has 0 aliphatic heterocycles. The number of benzene rings is 2. The highest BCUT2D eigenvalue weighted by Gasteiger charge is 2.20. The lowest BCUT2D eigenvalue weighted by Crippen LogP contribution is -2.16. The summed E-state index contributed by atoms with van der Waals surface area (Å²) in [6, 6.07) is 9.00. The Labute approximate surface area is 160 Å². The second kappa shape index (κ2) is 9.09. The Hall–Kier alpha value is -1.75. The van der Waals surface area contributed by atoms with E-state index in [-0.39, 0.29) is 31.9 Å². The Morgan fingerprint density at radius 1 is 0.960 bits per heavy atom. The van der Waals surface area contributed by atoms with Crippen LogP contribution in [0.15, 0.2) is 36.4 Å². The van der Waals surface area contributed by atoms with Gasteiger partial charge < -0.3 is 9.47 Å². The predicted octanol–water partition coefficient (Wildman–Crippen LogP) is 5.82. The van der Waals surface area contributed by atoms with Crippen molar-refractivity contribution in [3.05, 3.63) is 62.6 Å². The lowest BCUT2D eigenvalue weighted by molar-refractivity contribution is 0.0491. The third kappa shape index (κ3) is 5.11. The van der Waals surface area contributed by atoms with Crippen LogP contribution in [-0.4, -0.2) is 18.5 Å². The van der Waals surface area contributed by atoms with Crippen LogP contribution in [0.3, 0.4) is 0 Å². The first-order chi connectivity index (χ1) is 11.9. The van der Waals surface area contributed by atoms with Gasteiger partial charge in [-0.3, -0.25) is 0 Å². The van der Waals surface area contributed by atoms with Gasteiger partial charge in [-0.05, 0) is 18.6 Å². The van der Waals surface area contributed by atoms with Crippen molar-refractivity contribution >= 4 is 46.7 Å². The summed E-state index contributed by atoms with van der Waals surface area (Å²) in [5, 5.41) is 0.483. The molecule has 0 fully saturated rings. The number of rotatable bonds is 6. The Kier molecular flexibility index (Phi) is 7.12. The van der Waals surface area contributed by atoms with E-state index < -0.39 is 11.9 Å². The molecule has 0 atom stereocenters. The van der Waals surface area contributed by atoms with Gasteiger partial charge in [-0.25, -0.2) is 9.59 Å². The zero-order chi connectivity index (χ0) is 18.4. The second-order valence-corrected chi connectivity index (χ2v) is 6.32. The van der Waals surface area contributed by atoms with Crippen molar-refractivity contribution in [2.75, 3.05) is 6.61 Å². The fourth-order valence-corrected chi connectivity index (χ4v) is 2.56. The molecule has 2 aromatic rings. The molecule has 0 aliphatic rings. The summed E-state index contributed by atoms with van der Waals surface area (Å²) in [4.78, 5) is 24.6. The average molecular weight is 402 g/mol. The molecule has 2 aromatic carbocycles. The molecule has 0 amide bonds. The van der Waals surface area contributed by atoms with Crippen LogP contribution in [0.2, 0.25) is 15.1 Å². The van der Waals surface area contributed by atoms with Crippen LogP contribution in [0.5, 0.6) is 5.75 Å². The van der Waals surface area contributed by atoms with Crippen molar-refractivity contribution in [3.63, 3.8) is 0 Å². The molecule has 0 saturated heterocycles. The van der Waals surface area contributed by atoms with Crippen LogP contribution >= 0.6 is 34.8 Å². The van der Waals surface area contributed by atoms with Crippen molar-refractivity contribution in [1.29, 1.82) is 0 Å². The van der Waals surface area contributed by atoms with E-state index in [0.717, 1.165) is 12.8 Å². The highest BCUT2D eigenvalue weighted by Crippen LogP contribution is 2.34. The molecule has 0 unspecified atom stereocenters. The molecule has 0 radical (unpaired) electrons. The van der Waals surface area contributed by atoms with E-state index >= 15 is 0 Å². The maximum Gasteiger partial charge on any atom is 0.344 e. The first-order valence-electron chi connectivity index (χ1n) is 7.57. The number of halogens is 3. The SMILES string of the molecule is CCCCOC(=O)c1ccccc1C(=O)Oc1cc(Cl)c(Cl)c(Cl)c1. The molecule has 0 spiro atoms. The minimum absolute atomic E-state index is 0.0891. The normalized spacial score (nSPS) is 10.4. The predicted molar refractivity (Wildman–Crippen MR) is 98.1 cm³/mol. The molecule has 2 rings (SSSR count). The van der Waals surface area contributed by atoms with E-state index in [2.05, 4.69) is 0 Å². The zero-order valence-corrected chi connectivity index (χ0v) is 15.6. The molecule has 7 heteroatoms. The Balaban J connectivity index is 2.21. The van der Waals surface area contributed by atoms with Gasteiger partial charge in [-0.2, -0.15) is 0 Å². The third-order valence-corrected chi connectivity index (χ3v) is 4.46. The van der Waals surface area contributed by atoms with Gasteiger partial charge in [-0.1, -0.05) is 60.3 Å². The zero-order valence-electron chi connectivity index (χ0n) is 13.4. The summed E-state index contributed by atoms with van der Waals surface area (Å²) in [7, 11) is 0. The first kappa shape index (κ1) is 19.6. The van der Waals surface area contributed by atoms with Crippen molar-refractivity contribution in [2.24, 2.45) is 0 Å². The smallest absolute Gasteiger partial charge is 0.344 e. The van der Waals surface area contributed by atoms with Crippen LogP contribution in [0.25, 0.3) is 0 Å².